The van der Waals surface area contributed by atoms with Crippen LogP contribution >= 0.6 is 0 Å². The summed E-state index contributed by atoms with van der Waals surface area (Å²) in [5.74, 6) is -0.301. The summed E-state index contributed by atoms with van der Waals surface area (Å²) in [5, 5.41) is 0. The standard InChI is InChI=1S/C13H26NO3/c1-12(2)13(15)17-11-9-14(3,4)8-6-7-10-16-5/h1,6-11H2,2-5H3/q+1. The predicted octanol–water partition coefficient (Wildman–Crippen LogP) is 1.61. The first-order valence-electron chi connectivity index (χ1n) is 6.02. The highest BCUT2D eigenvalue weighted by atomic mass is 16.5. The molecule has 0 aromatic heterocycles. The van der Waals surface area contributed by atoms with E-state index < -0.39 is 0 Å². The molecule has 0 saturated heterocycles. The van der Waals surface area contributed by atoms with E-state index in [1.54, 1.807) is 14.0 Å². The Hall–Kier alpha value is -0.870. The molecule has 0 aliphatic heterocycles. The van der Waals surface area contributed by atoms with E-state index in [2.05, 4.69) is 20.7 Å². The van der Waals surface area contributed by atoms with Gasteiger partial charge in [-0.05, 0) is 19.8 Å². The molecule has 0 aromatic carbocycles. The summed E-state index contributed by atoms with van der Waals surface area (Å²) in [6, 6.07) is 0. The third kappa shape index (κ3) is 8.89. The second kappa shape index (κ2) is 8.25. The first-order chi connectivity index (χ1) is 7.89. The Morgan fingerprint density at radius 3 is 2.35 bits per heavy atom. The number of carbonyl (C=O) groups excluding carboxylic acids is 1. The molecule has 0 bridgehead atoms. The molecule has 0 fully saturated rings. The van der Waals surface area contributed by atoms with E-state index in [0.717, 1.165) is 37.0 Å². The fourth-order valence-electron chi connectivity index (χ4n) is 1.41. The van der Waals surface area contributed by atoms with Crippen molar-refractivity contribution in [1.29, 1.82) is 0 Å². The van der Waals surface area contributed by atoms with E-state index in [1.807, 2.05) is 0 Å². The van der Waals surface area contributed by atoms with Gasteiger partial charge in [0.25, 0.3) is 0 Å². The maximum absolute atomic E-state index is 11.2. The van der Waals surface area contributed by atoms with Crippen LogP contribution in [0.25, 0.3) is 0 Å². The van der Waals surface area contributed by atoms with Gasteiger partial charge in [0.2, 0.25) is 0 Å². The summed E-state index contributed by atoms with van der Waals surface area (Å²) in [6.07, 6.45) is 2.19. The minimum Gasteiger partial charge on any atom is -0.456 e. The molecule has 4 nitrogen and oxygen atoms in total. The smallest absolute Gasteiger partial charge is 0.333 e. The average molecular weight is 244 g/mol. The molecule has 0 N–H and O–H groups in total. The van der Waals surface area contributed by atoms with Crippen LogP contribution in [-0.4, -0.2) is 58.0 Å². The zero-order valence-electron chi connectivity index (χ0n) is 11.6. The molecule has 100 valence electrons. The zero-order valence-corrected chi connectivity index (χ0v) is 11.6. The Balaban J connectivity index is 3.70. The van der Waals surface area contributed by atoms with Gasteiger partial charge in [0.1, 0.15) is 13.2 Å². The highest BCUT2D eigenvalue weighted by Crippen LogP contribution is 2.02. The maximum Gasteiger partial charge on any atom is 0.333 e. The van der Waals surface area contributed by atoms with E-state index in [1.165, 1.54) is 0 Å². The van der Waals surface area contributed by atoms with Crippen LogP contribution in [0.15, 0.2) is 12.2 Å². The Kier molecular flexibility index (Phi) is 7.83. The molecule has 0 amide bonds. The molecule has 0 unspecified atom stereocenters. The number of unbranched alkanes of at least 4 members (excludes halogenated alkanes) is 1. The second-order valence-corrected chi connectivity index (χ2v) is 5.00. The first-order valence-corrected chi connectivity index (χ1v) is 6.02. The van der Waals surface area contributed by atoms with Crippen molar-refractivity contribution < 1.29 is 18.8 Å². The number of likely N-dealkylation sites (N-methyl/N-ethyl adjacent to an activating group) is 1. The average Bonchev–Trinajstić information content (AvgIpc) is 2.24. The van der Waals surface area contributed by atoms with Gasteiger partial charge in [-0.3, -0.25) is 0 Å². The summed E-state index contributed by atoms with van der Waals surface area (Å²) in [6.45, 7) is 8.35. The molecule has 17 heavy (non-hydrogen) atoms. The highest BCUT2D eigenvalue weighted by Gasteiger charge is 2.15. The Morgan fingerprint density at radius 1 is 1.18 bits per heavy atom. The van der Waals surface area contributed by atoms with Gasteiger partial charge < -0.3 is 14.0 Å². The molecule has 0 spiro atoms. The lowest BCUT2D eigenvalue weighted by Gasteiger charge is -2.29. The van der Waals surface area contributed by atoms with Crippen molar-refractivity contribution in [3.05, 3.63) is 12.2 Å². The van der Waals surface area contributed by atoms with Crippen LogP contribution in [0.4, 0.5) is 0 Å². The third-order valence-electron chi connectivity index (χ3n) is 2.64. The van der Waals surface area contributed by atoms with Gasteiger partial charge in [-0.25, -0.2) is 4.79 Å². The zero-order chi connectivity index (χ0) is 13.3. The molecule has 0 atom stereocenters. The van der Waals surface area contributed by atoms with Crippen molar-refractivity contribution in [1.82, 2.24) is 0 Å². The predicted molar refractivity (Wildman–Crippen MR) is 68.7 cm³/mol. The van der Waals surface area contributed by atoms with Crippen LogP contribution in [0.2, 0.25) is 0 Å². The van der Waals surface area contributed by atoms with E-state index in [9.17, 15) is 4.79 Å². The van der Waals surface area contributed by atoms with E-state index in [4.69, 9.17) is 9.47 Å². The van der Waals surface area contributed by atoms with Crippen LogP contribution in [0.5, 0.6) is 0 Å². The van der Waals surface area contributed by atoms with E-state index in [0.29, 0.717) is 12.2 Å². The van der Waals surface area contributed by atoms with Gasteiger partial charge in [0.15, 0.2) is 0 Å². The minimum atomic E-state index is -0.301. The summed E-state index contributed by atoms with van der Waals surface area (Å²) in [4.78, 5) is 11.2. The number of esters is 1. The number of nitrogens with zero attached hydrogens (tertiary/aromatic N) is 1. The molecular weight excluding hydrogens is 218 g/mol. The number of hydrogen-bond acceptors (Lipinski definition) is 3. The van der Waals surface area contributed by atoms with Crippen molar-refractivity contribution >= 4 is 5.97 Å². The summed E-state index contributed by atoms with van der Waals surface area (Å²) >= 11 is 0. The number of methoxy groups -OCH3 is 1. The quantitative estimate of drug-likeness (QED) is 0.267. The van der Waals surface area contributed by atoms with Gasteiger partial charge in [-0.1, -0.05) is 6.58 Å². The SMILES string of the molecule is C=C(C)C(=O)OCC[N+](C)(C)CCCCOC. The van der Waals surface area contributed by atoms with Crippen molar-refractivity contribution in [3.8, 4) is 0 Å². The van der Waals surface area contributed by atoms with Crippen molar-refractivity contribution in [3.63, 3.8) is 0 Å². The van der Waals surface area contributed by atoms with Crippen molar-refractivity contribution in [2.24, 2.45) is 0 Å². The lowest BCUT2D eigenvalue weighted by Crippen LogP contribution is -2.43. The van der Waals surface area contributed by atoms with Crippen molar-refractivity contribution in [2.45, 2.75) is 19.8 Å². The fourth-order valence-corrected chi connectivity index (χ4v) is 1.41. The molecule has 0 aromatic rings. The first kappa shape index (κ1) is 16.1. The van der Waals surface area contributed by atoms with Crippen LogP contribution in [-0.2, 0) is 14.3 Å². The molecule has 0 aliphatic carbocycles. The van der Waals surface area contributed by atoms with Gasteiger partial charge in [0, 0.05) is 19.3 Å². The number of hydrogen-bond donors (Lipinski definition) is 0. The number of ether oxygens (including phenoxy) is 2. The Bertz CT molecular complexity index is 249. The summed E-state index contributed by atoms with van der Waals surface area (Å²) in [5.41, 5.74) is 0.454. The molecular formula is C13H26NO3+. The van der Waals surface area contributed by atoms with Crippen LogP contribution < -0.4 is 0 Å². The third-order valence-corrected chi connectivity index (χ3v) is 2.64. The largest absolute Gasteiger partial charge is 0.456 e. The molecule has 4 heteroatoms. The molecule has 0 heterocycles. The number of rotatable bonds is 9. The summed E-state index contributed by atoms with van der Waals surface area (Å²) < 4.78 is 11.0. The second-order valence-electron chi connectivity index (χ2n) is 5.00. The van der Waals surface area contributed by atoms with Crippen LogP contribution in [0.3, 0.4) is 0 Å². The molecule has 0 radical (unpaired) electrons. The lowest BCUT2D eigenvalue weighted by atomic mass is 10.3. The Labute approximate surface area is 105 Å². The van der Waals surface area contributed by atoms with Crippen LogP contribution in [0, 0.1) is 0 Å². The maximum atomic E-state index is 11.2. The van der Waals surface area contributed by atoms with Gasteiger partial charge >= 0.3 is 5.97 Å². The summed E-state index contributed by atoms with van der Waals surface area (Å²) in [7, 11) is 6.00. The van der Waals surface area contributed by atoms with Gasteiger partial charge in [-0.15, -0.1) is 0 Å². The monoisotopic (exact) mass is 244 g/mol. The Morgan fingerprint density at radius 2 is 1.82 bits per heavy atom. The van der Waals surface area contributed by atoms with Gasteiger partial charge in [-0.2, -0.15) is 0 Å². The highest BCUT2D eigenvalue weighted by molar-refractivity contribution is 5.86. The number of quaternary nitrogens is 1. The van der Waals surface area contributed by atoms with Gasteiger partial charge in [0.05, 0.1) is 20.6 Å². The normalized spacial score (nSPS) is 11.3. The topological polar surface area (TPSA) is 35.5 Å². The molecule has 0 rings (SSSR count). The van der Waals surface area contributed by atoms with E-state index >= 15 is 0 Å². The molecule has 0 saturated carbocycles. The minimum absolute atomic E-state index is 0.301. The number of carbonyl (C=O) groups is 1. The van der Waals surface area contributed by atoms with Crippen LogP contribution in [0.1, 0.15) is 19.8 Å². The fraction of sp³-hybridized carbons (Fsp3) is 0.769. The van der Waals surface area contributed by atoms with E-state index in [-0.39, 0.29) is 5.97 Å². The van der Waals surface area contributed by atoms with Crippen molar-refractivity contribution in [2.75, 3.05) is 47.5 Å². The molecule has 0 aliphatic rings. The lowest BCUT2D eigenvalue weighted by molar-refractivity contribution is -0.890.